The molecule has 0 rings (SSSR count). The lowest BCUT2D eigenvalue weighted by molar-refractivity contribution is -0.163. The number of hydrogen-bond acceptors (Lipinski definition) is 3. The number of ether oxygens (including phenoxy) is 1. The topological polar surface area (TPSA) is 66.8 Å². The fourth-order valence-electron chi connectivity index (χ4n) is 1.64. The number of aliphatic hydroxyl groups is 1. The van der Waals surface area contributed by atoms with Gasteiger partial charge in [0.1, 0.15) is 5.60 Å². The minimum atomic E-state index is -1.28. The van der Waals surface area contributed by atoms with Gasteiger partial charge >= 0.3 is 5.97 Å². The van der Waals surface area contributed by atoms with Crippen LogP contribution in [-0.4, -0.2) is 35.5 Å². The van der Waals surface area contributed by atoms with Crippen molar-refractivity contribution in [3.63, 3.8) is 0 Å². The Morgan fingerprint density at radius 1 is 1.50 bits per heavy atom. The average molecular weight is 204 g/mol. The summed E-state index contributed by atoms with van der Waals surface area (Å²) in [6, 6.07) is 0. The Balaban J connectivity index is 4.85. The van der Waals surface area contributed by atoms with Gasteiger partial charge in [-0.2, -0.15) is 0 Å². The van der Waals surface area contributed by atoms with Crippen LogP contribution < -0.4 is 0 Å². The van der Waals surface area contributed by atoms with E-state index in [4.69, 9.17) is 9.84 Å². The highest BCUT2D eigenvalue weighted by atomic mass is 16.5. The Kier molecular flexibility index (Phi) is 5.08. The molecule has 2 unspecified atom stereocenters. The lowest BCUT2D eigenvalue weighted by Crippen LogP contribution is -2.50. The van der Waals surface area contributed by atoms with E-state index in [0.29, 0.717) is 6.42 Å². The normalized spacial score (nSPS) is 17.9. The van der Waals surface area contributed by atoms with Crippen molar-refractivity contribution < 1.29 is 19.7 Å². The van der Waals surface area contributed by atoms with Gasteiger partial charge in [0.2, 0.25) is 0 Å². The van der Waals surface area contributed by atoms with E-state index >= 15 is 0 Å². The smallest absolute Gasteiger partial charge is 0.309 e. The first-order valence-corrected chi connectivity index (χ1v) is 4.84. The summed E-state index contributed by atoms with van der Waals surface area (Å²) in [5.74, 6) is -1.90. The quantitative estimate of drug-likeness (QED) is 0.680. The van der Waals surface area contributed by atoms with E-state index in [2.05, 4.69) is 0 Å². The number of carboxylic acid groups (broad SMARTS) is 1. The largest absolute Gasteiger partial charge is 0.481 e. The SMILES string of the molecule is CCC(C(=O)O)C(O)(COC)C(C)C. The molecule has 2 N–H and O–H groups in total. The summed E-state index contributed by atoms with van der Waals surface area (Å²) in [4.78, 5) is 10.9. The third-order valence-electron chi connectivity index (χ3n) is 2.69. The molecule has 14 heavy (non-hydrogen) atoms. The summed E-state index contributed by atoms with van der Waals surface area (Å²) in [6.45, 7) is 5.40. The molecule has 0 aromatic carbocycles. The van der Waals surface area contributed by atoms with Crippen LogP contribution in [0.3, 0.4) is 0 Å². The van der Waals surface area contributed by atoms with Gasteiger partial charge in [-0.25, -0.2) is 0 Å². The van der Waals surface area contributed by atoms with Crippen LogP contribution in [0.25, 0.3) is 0 Å². The molecule has 0 aliphatic rings. The third-order valence-corrected chi connectivity index (χ3v) is 2.69. The molecule has 0 aliphatic heterocycles. The van der Waals surface area contributed by atoms with Gasteiger partial charge in [0.15, 0.2) is 0 Å². The molecule has 0 radical (unpaired) electrons. The van der Waals surface area contributed by atoms with Gasteiger partial charge in [0, 0.05) is 7.11 Å². The van der Waals surface area contributed by atoms with Crippen LogP contribution in [0.4, 0.5) is 0 Å². The van der Waals surface area contributed by atoms with Crippen molar-refractivity contribution in [1.29, 1.82) is 0 Å². The summed E-state index contributed by atoms with van der Waals surface area (Å²) in [6.07, 6.45) is 0.396. The molecule has 0 saturated heterocycles. The monoisotopic (exact) mass is 204 g/mol. The third kappa shape index (κ3) is 2.69. The second-order valence-electron chi connectivity index (χ2n) is 3.88. The molecule has 0 aromatic rings. The summed E-state index contributed by atoms with van der Waals surface area (Å²) in [7, 11) is 1.46. The summed E-state index contributed by atoms with van der Waals surface area (Å²) in [5, 5.41) is 19.2. The van der Waals surface area contributed by atoms with Gasteiger partial charge in [-0.05, 0) is 12.3 Å². The van der Waals surface area contributed by atoms with Crippen LogP contribution in [-0.2, 0) is 9.53 Å². The molecular formula is C10H20O4. The maximum atomic E-state index is 10.9. The van der Waals surface area contributed by atoms with Crippen molar-refractivity contribution in [2.24, 2.45) is 11.8 Å². The predicted octanol–water partition coefficient (Wildman–Crippen LogP) is 1.13. The number of carbonyl (C=O) groups is 1. The highest BCUT2D eigenvalue weighted by molar-refractivity contribution is 5.71. The molecule has 2 atom stereocenters. The van der Waals surface area contributed by atoms with E-state index in [0.717, 1.165) is 0 Å². The number of rotatable bonds is 6. The molecule has 4 heteroatoms. The molecule has 0 amide bonds. The summed E-state index contributed by atoms with van der Waals surface area (Å²) < 4.78 is 4.89. The molecule has 0 heterocycles. The summed E-state index contributed by atoms with van der Waals surface area (Å²) in [5.41, 5.74) is -1.28. The van der Waals surface area contributed by atoms with Crippen LogP contribution in [0.1, 0.15) is 27.2 Å². The molecule has 0 spiro atoms. The first-order chi connectivity index (χ1) is 6.40. The number of aliphatic carboxylic acids is 1. The van der Waals surface area contributed by atoms with E-state index in [1.54, 1.807) is 20.8 Å². The Morgan fingerprint density at radius 3 is 2.21 bits per heavy atom. The maximum Gasteiger partial charge on any atom is 0.309 e. The van der Waals surface area contributed by atoms with E-state index in [9.17, 15) is 9.90 Å². The van der Waals surface area contributed by atoms with Gasteiger partial charge in [-0.1, -0.05) is 20.8 Å². The second kappa shape index (κ2) is 5.32. The van der Waals surface area contributed by atoms with Crippen LogP contribution in [0, 0.1) is 11.8 Å². The average Bonchev–Trinajstić information content (AvgIpc) is 2.04. The van der Waals surface area contributed by atoms with Crippen molar-refractivity contribution in [2.45, 2.75) is 32.8 Å². The first kappa shape index (κ1) is 13.4. The van der Waals surface area contributed by atoms with Gasteiger partial charge in [-0.3, -0.25) is 4.79 Å². The van der Waals surface area contributed by atoms with Crippen LogP contribution >= 0.6 is 0 Å². The molecule has 4 nitrogen and oxygen atoms in total. The van der Waals surface area contributed by atoms with Gasteiger partial charge in [-0.15, -0.1) is 0 Å². The number of carboxylic acids is 1. The Hall–Kier alpha value is -0.610. The Morgan fingerprint density at radius 2 is 2.00 bits per heavy atom. The fourth-order valence-corrected chi connectivity index (χ4v) is 1.64. The predicted molar refractivity (Wildman–Crippen MR) is 53.1 cm³/mol. The van der Waals surface area contributed by atoms with Crippen molar-refractivity contribution in [3.8, 4) is 0 Å². The molecule has 0 saturated carbocycles. The van der Waals surface area contributed by atoms with E-state index in [1.165, 1.54) is 7.11 Å². The maximum absolute atomic E-state index is 10.9. The molecule has 84 valence electrons. The van der Waals surface area contributed by atoms with Crippen LogP contribution in [0.5, 0.6) is 0 Å². The zero-order chi connectivity index (χ0) is 11.4. The fraction of sp³-hybridized carbons (Fsp3) is 0.900. The van der Waals surface area contributed by atoms with Crippen molar-refractivity contribution >= 4 is 5.97 Å². The van der Waals surface area contributed by atoms with Crippen LogP contribution in [0.15, 0.2) is 0 Å². The first-order valence-electron chi connectivity index (χ1n) is 4.84. The molecule has 0 aliphatic carbocycles. The lowest BCUT2D eigenvalue weighted by Gasteiger charge is -2.36. The minimum absolute atomic E-state index is 0.0511. The van der Waals surface area contributed by atoms with E-state index in [1.807, 2.05) is 0 Å². The molecule has 0 fully saturated rings. The second-order valence-corrected chi connectivity index (χ2v) is 3.88. The van der Waals surface area contributed by atoms with Crippen LogP contribution in [0.2, 0.25) is 0 Å². The van der Waals surface area contributed by atoms with E-state index in [-0.39, 0.29) is 12.5 Å². The molecular weight excluding hydrogens is 184 g/mol. The zero-order valence-corrected chi connectivity index (χ0v) is 9.28. The zero-order valence-electron chi connectivity index (χ0n) is 9.28. The number of methoxy groups -OCH3 is 1. The standard InChI is InChI=1S/C10H20O4/c1-5-8(9(11)12)10(13,6-14-4)7(2)3/h7-8,13H,5-6H2,1-4H3,(H,11,12). The highest BCUT2D eigenvalue weighted by Gasteiger charge is 2.43. The minimum Gasteiger partial charge on any atom is -0.481 e. The summed E-state index contributed by atoms with van der Waals surface area (Å²) >= 11 is 0. The van der Waals surface area contributed by atoms with Gasteiger partial charge in [0.25, 0.3) is 0 Å². The van der Waals surface area contributed by atoms with E-state index < -0.39 is 17.5 Å². The lowest BCUT2D eigenvalue weighted by atomic mass is 9.77. The highest BCUT2D eigenvalue weighted by Crippen LogP contribution is 2.29. The van der Waals surface area contributed by atoms with Crippen molar-refractivity contribution in [1.82, 2.24) is 0 Å². The van der Waals surface area contributed by atoms with Gasteiger partial charge in [0.05, 0.1) is 12.5 Å². The van der Waals surface area contributed by atoms with Crippen molar-refractivity contribution in [2.75, 3.05) is 13.7 Å². The Bertz CT molecular complexity index is 191. The Labute approximate surface area is 84.9 Å². The van der Waals surface area contributed by atoms with Crippen molar-refractivity contribution in [3.05, 3.63) is 0 Å². The molecule has 0 bridgehead atoms. The van der Waals surface area contributed by atoms with Gasteiger partial charge < -0.3 is 14.9 Å². The number of hydrogen-bond donors (Lipinski definition) is 2. The molecule has 0 aromatic heterocycles.